The summed E-state index contributed by atoms with van der Waals surface area (Å²) in [5, 5.41) is 11.6. The van der Waals surface area contributed by atoms with Crippen molar-refractivity contribution in [2.75, 3.05) is 34.3 Å². The lowest BCUT2D eigenvalue weighted by Crippen LogP contribution is -2.47. The molecule has 0 aliphatic rings. The average molecular weight is 275 g/mol. The molecule has 0 saturated carbocycles. The molecular weight excluding hydrogens is 250 g/mol. The minimum atomic E-state index is -1.04. The van der Waals surface area contributed by atoms with E-state index in [4.69, 9.17) is 9.47 Å². The normalized spacial score (nSPS) is 13.8. The summed E-state index contributed by atoms with van der Waals surface area (Å²) < 4.78 is 10.2. The van der Waals surface area contributed by atoms with E-state index in [2.05, 4.69) is 0 Å². The topological polar surface area (TPSA) is 75.7 Å². The van der Waals surface area contributed by atoms with Gasteiger partial charge in [0.25, 0.3) is 0 Å². The fourth-order valence-electron chi connectivity index (χ4n) is 1.43. The number of carbonyl (C=O) groups is 2. The quantitative estimate of drug-likeness (QED) is 0.491. The maximum atomic E-state index is 11.6. The van der Waals surface area contributed by atoms with Gasteiger partial charge in [-0.05, 0) is 20.8 Å². The van der Waals surface area contributed by atoms with E-state index in [1.54, 1.807) is 20.8 Å². The van der Waals surface area contributed by atoms with E-state index in [0.29, 0.717) is 11.0 Å². The lowest BCUT2D eigenvalue weighted by molar-refractivity contribution is -0.880. The average Bonchev–Trinajstić information content (AvgIpc) is 2.08. The molecule has 0 radical (unpaired) electrons. The molecule has 0 aliphatic carbocycles. The Labute approximate surface area is 114 Å². The molecule has 6 heteroatoms. The molecule has 0 fully saturated rings. The maximum Gasteiger partial charge on any atom is 0.344 e. The van der Waals surface area contributed by atoms with Crippen LogP contribution in [0.3, 0.4) is 0 Å². The number of likely N-dealkylation sites (N-methyl/N-ethyl adjacent to an activating group) is 1. The third-order valence-electron chi connectivity index (χ3n) is 1.92. The van der Waals surface area contributed by atoms with Gasteiger partial charge in [0.2, 0.25) is 0 Å². The molecule has 0 heterocycles. The van der Waals surface area contributed by atoms with Crippen molar-refractivity contribution in [1.29, 1.82) is 0 Å². The van der Waals surface area contributed by atoms with Crippen LogP contribution in [0.1, 0.15) is 27.2 Å². The van der Waals surface area contributed by atoms with E-state index in [1.165, 1.54) is 0 Å². The zero-order valence-corrected chi connectivity index (χ0v) is 12.7. The van der Waals surface area contributed by atoms with Crippen molar-refractivity contribution >= 4 is 11.9 Å². The number of nitrogens with zero attached hydrogens (tertiary/aromatic N) is 1. The lowest BCUT2D eigenvalue weighted by atomic mass is 10.2. The van der Waals surface area contributed by atoms with Crippen molar-refractivity contribution in [1.82, 2.24) is 0 Å². The largest absolute Gasteiger partial charge is 0.848 e. The van der Waals surface area contributed by atoms with Gasteiger partial charge in [-0.15, -0.1) is 0 Å². The Morgan fingerprint density at radius 3 is 2.11 bits per heavy atom. The molecule has 0 aliphatic heterocycles. The SMILES string of the molecule is CC(C)(C)OC(=O)COC(=O)C[C@@H]([O-])C[N+](C)(C)C. The van der Waals surface area contributed by atoms with Gasteiger partial charge in [0.05, 0.1) is 27.7 Å². The summed E-state index contributed by atoms with van der Waals surface area (Å²) in [7, 11) is 5.62. The van der Waals surface area contributed by atoms with Gasteiger partial charge in [-0.3, -0.25) is 4.79 Å². The van der Waals surface area contributed by atoms with E-state index < -0.39 is 30.3 Å². The standard InChI is InChI=1S/C13H25NO5/c1-13(2,3)19-12(17)9-18-11(16)7-10(15)8-14(4,5)6/h10H,7-9H2,1-6H3/t10-/m1/s1. The number of hydrogen-bond acceptors (Lipinski definition) is 5. The fraction of sp³-hybridized carbons (Fsp3) is 0.846. The van der Waals surface area contributed by atoms with E-state index in [-0.39, 0.29) is 6.42 Å². The smallest absolute Gasteiger partial charge is 0.344 e. The zero-order valence-electron chi connectivity index (χ0n) is 12.7. The summed E-state index contributed by atoms with van der Waals surface area (Å²) in [4.78, 5) is 22.7. The van der Waals surface area contributed by atoms with Crippen molar-refractivity contribution in [3.63, 3.8) is 0 Å². The van der Waals surface area contributed by atoms with Crippen LogP contribution in [0.4, 0.5) is 0 Å². The van der Waals surface area contributed by atoms with Crippen LogP contribution in [0.25, 0.3) is 0 Å². The molecule has 0 spiro atoms. The summed E-state index contributed by atoms with van der Waals surface area (Å²) >= 11 is 0. The molecule has 6 nitrogen and oxygen atoms in total. The van der Waals surface area contributed by atoms with Crippen molar-refractivity contribution in [2.24, 2.45) is 0 Å². The van der Waals surface area contributed by atoms with E-state index in [9.17, 15) is 14.7 Å². The Kier molecular flexibility index (Phi) is 6.45. The third-order valence-corrected chi connectivity index (χ3v) is 1.92. The molecule has 0 saturated heterocycles. The number of rotatable bonds is 6. The Hall–Kier alpha value is -1.14. The zero-order chi connectivity index (χ0) is 15.3. The molecule has 1 atom stereocenters. The first kappa shape index (κ1) is 17.9. The van der Waals surface area contributed by atoms with Crippen molar-refractivity contribution in [2.45, 2.75) is 38.9 Å². The number of ether oxygens (including phenoxy) is 2. The van der Waals surface area contributed by atoms with Crippen LogP contribution < -0.4 is 5.11 Å². The predicted octanol–water partition coefficient (Wildman–Crippen LogP) is -0.303. The van der Waals surface area contributed by atoms with E-state index >= 15 is 0 Å². The van der Waals surface area contributed by atoms with Gasteiger partial charge >= 0.3 is 11.9 Å². The van der Waals surface area contributed by atoms with Gasteiger partial charge in [-0.25, -0.2) is 4.79 Å². The Balaban J connectivity index is 3.97. The second-order valence-electron chi connectivity index (χ2n) is 6.55. The number of carbonyl (C=O) groups excluding carboxylic acids is 2. The molecule has 0 rings (SSSR count). The second-order valence-corrected chi connectivity index (χ2v) is 6.55. The highest BCUT2D eigenvalue weighted by Gasteiger charge is 2.18. The predicted molar refractivity (Wildman–Crippen MR) is 68.1 cm³/mol. The van der Waals surface area contributed by atoms with Crippen molar-refractivity contribution in [3.05, 3.63) is 0 Å². The molecule has 0 aromatic heterocycles. The molecule has 112 valence electrons. The van der Waals surface area contributed by atoms with Crippen molar-refractivity contribution in [3.8, 4) is 0 Å². The fourth-order valence-corrected chi connectivity index (χ4v) is 1.43. The highest BCUT2D eigenvalue weighted by Crippen LogP contribution is 2.07. The summed E-state index contributed by atoms with van der Waals surface area (Å²) in [6, 6.07) is 0. The minimum Gasteiger partial charge on any atom is -0.848 e. The van der Waals surface area contributed by atoms with E-state index in [1.807, 2.05) is 21.1 Å². The first-order valence-electron chi connectivity index (χ1n) is 6.23. The van der Waals surface area contributed by atoms with Gasteiger partial charge in [-0.1, -0.05) is 6.10 Å². The Bertz CT molecular complexity index is 314. The minimum absolute atomic E-state index is 0.238. The summed E-state index contributed by atoms with van der Waals surface area (Å²) in [6.45, 7) is 5.04. The van der Waals surface area contributed by atoms with E-state index in [0.717, 1.165) is 0 Å². The first-order valence-corrected chi connectivity index (χ1v) is 6.23. The number of hydrogen-bond donors (Lipinski definition) is 0. The number of quaternary nitrogens is 1. The molecule has 0 N–H and O–H groups in total. The van der Waals surface area contributed by atoms with Gasteiger partial charge in [0.15, 0.2) is 6.61 Å². The van der Waals surface area contributed by atoms with Crippen LogP contribution in [0.2, 0.25) is 0 Å². The van der Waals surface area contributed by atoms with Crippen LogP contribution >= 0.6 is 0 Å². The van der Waals surface area contributed by atoms with Gasteiger partial charge in [0.1, 0.15) is 5.60 Å². The van der Waals surface area contributed by atoms with Crippen LogP contribution in [0, 0.1) is 0 Å². The molecular formula is C13H25NO5. The highest BCUT2D eigenvalue weighted by atomic mass is 16.6. The lowest BCUT2D eigenvalue weighted by Gasteiger charge is -2.32. The van der Waals surface area contributed by atoms with Gasteiger partial charge in [0, 0.05) is 6.42 Å². The van der Waals surface area contributed by atoms with Crippen LogP contribution in [0.15, 0.2) is 0 Å². The Morgan fingerprint density at radius 2 is 1.68 bits per heavy atom. The second kappa shape index (κ2) is 6.86. The third kappa shape index (κ3) is 11.7. The molecule has 19 heavy (non-hydrogen) atoms. The molecule has 0 aromatic carbocycles. The first-order chi connectivity index (χ1) is 8.39. The monoisotopic (exact) mass is 275 g/mol. The molecule has 0 aromatic rings. The molecule has 0 bridgehead atoms. The van der Waals surface area contributed by atoms with Gasteiger partial charge < -0.3 is 19.1 Å². The summed E-state index contributed by atoms with van der Waals surface area (Å²) in [5.41, 5.74) is -0.617. The summed E-state index contributed by atoms with van der Waals surface area (Å²) in [5.74, 6) is -1.28. The van der Waals surface area contributed by atoms with Crippen molar-refractivity contribution < 1.29 is 28.7 Å². The van der Waals surface area contributed by atoms with Gasteiger partial charge in [-0.2, -0.15) is 0 Å². The maximum absolute atomic E-state index is 11.6. The van der Waals surface area contributed by atoms with Crippen LogP contribution in [-0.2, 0) is 19.1 Å². The molecule has 0 unspecified atom stereocenters. The highest BCUT2D eigenvalue weighted by molar-refractivity contribution is 5.76. The molecule has 0 amide bonds. The number of esters is 2. The van der Waals surface area contributed by atoms with Crippen LogP contribution in [0.5, 0.6) is 0 Å². The summed E-state index contributed by atoms with van der Waals surface area (Å²) in [6.07, 6.45) is -1.27. The Morgan fingerprint density at radius 1 is 1.16 bits per heavy atom. The van der Waals surface area contributed by atoms with Crippen LogP contribution in [-0.4, -0.2) is 62.4 Å².